The molecule has 4 heteroatoms. The highest BCUT2D eigenvalue weighted by Gasteiger charge is 2.22. The van der Waals surface area contributed by atoms with Crippen molar-refractivity contribution < 1.29 is 4.74 Å². The van der Waals surface area contributed by atoms with E-state index in [4.69, 9.17) is 10.5 Å². The Hall–Kier alpha value is -1.26. The first-order valence-electron chi connectivity index (χ1n) is 8.13. The first-order valence-corrected chi connectivity index (χ1v) is 8.13. The Morgan fingerprint density at radius 3 is 2.38 bits per heavy atom. The highest BCUT2D eigenvalue weighted by Crippen LogP contribution is 2.22. The molecule has 1 aromatic carbocycles. The summed E-state index contributed by atoms with van der Waals surface area (Å²) in [7, 11) is 0. The Morgan fingerprint density at radius 2 is 1.76 bits per heavy atom. The SMILES string of the molecule is C[C@@H]1CN(c2ccc(NCCCCCN)cc2)C[C@@H](C)O1. The minimum Gasteiger partial charge on any atom is -0.385 e. The van der Waals surface area contributed by atoms with E-state index in [1.165, 1.54) is 24.2 Å². The van der Waals surface area contributed by atoms with E-state index in [0.29, 0.717) is 12.2 Å². The quantitative estimate of drug-likeness (QED) is 0.759. The minimum atomic E-state index is 0.300. The number of rotatable bonds is 7. The van der Waals surface area contributed by atoms with Gasteiger partial charge in [0.25, 0.3) is 0 Å². The maximum atomic E-state index is 5.78. The van der Waals surface area contributed by atoms with Crippen LogP contribution in [0.4, 0.5) is 11.4 Å². The highest BCUT2D eigenvalue weighted by molar-refractivity contribution is 5.55. The number of nitrogens with two attached hydrogens (primary N) is 1. The van der Waals surface area contributed by atoms with Crippen LogP contribution in [0.5, 0.6) is 0 Å². The van der Waals surface area contributed by atoms with Gasteiger partial charge in [0, 0.05) is 31.0 Å². The van der Waals surface area contributed by atoms with Gasteiger partial charge in [-0.1, -0.05) is 6.42 Å². The molecule has 0 aromatic heterocycles. The largest absolute Gasteiger partial charge is 0.385 e. The molecule has 1 aliphatic heterocycles. The van der Waals surface area contributed by atoms with Gasteiger partial charge < -0.3 is 20.7 Å². The zero-order valence-electron chi connectivity index (χ0n) is 13.3. The van der Waals surface area contributed by atoms with Gasteiger partial charge in [-0.15, -0.1) is 0 Å². The fourth-order valence-corrected chi connectivity index (χ4v) is 2.86. The lowest BCUT2D eigenvalue weighted by atomic mass is 10.2. The maximum absolute atomic E-state index is 5.78. The van der Waals surface area contributed by atoms with Gasteiger partial charge in [-0.05, 0) is 57.5 Å². The Balaban J connectivity index is 1.81. The van der Waals surface area contributed by atoms with Crippen LogP contribution >= 0.6 is 0 Å². The number of anilines is 2. The Kier molecular flexibility index (Phi) is 6.33. The second-order valence-electron chi connectivity index (χ2n) is 5.99. The second-order valence-corrected chi connectivity index (χ2v) is 5.99. The Labute approximate surface area is 128 Å². The highest BCUT2D eigenvalue weighted by atomic mass is 16.5. The molecule has 0 spiro atoms. The van der Waals surface area contributed by atoms with Crippen LogP contribution in [0.2, 0.25) is 0 Å². The van der Waals surface area contributed by atoms with Gasteiger partial charge in [-0.2, -0.15) is 0 Å². The van der Waals surface area contributed by atoms with E-state index < -0.39 is 0 Å². The molecule has 0 saturated carbocycles. The van der Waals surface area contributed by atoms with Crippen LogP contribution in [0.15, 0.2) is 24.3 Å². The van der Waals surface area contributed by atoms with Crippen molar-refractivity contribution in [2.45, 2.75) is 45.3 Å². The van der Waals surface area contributed by atoms with E-state index in [1.807, 2.05) is 0 Å². The summed E-state index contributed by atoms with van der Waals surface area (Å²) in [5, 5.41) is 3.47. The molecule has 118 valence electrons. The van der Waals surface area contributed by atoms with Crippen molar-refractivity contribution in [1.82, 2.24) is 0 Å². The third-order valence-electron chi connectivity index (χ3n) is 3.86. The summed E-state index contributed by atoms with van der Waals surface area (Å²) in [6.07, 6.45) is 4.10. The number of hydrogen-bond donors (Lipinski definition) is 2. The van der Waals surface area contributed by atoms with E-state index in [2.05, 4.69) is 48.3 Å². The van der Waals surface area contributed by atoms with Gasteiger partial charge in [0.15, 0.2) is 0 Å². The van der Waals surface area contributed by atoms with E-state index in [9.17, 15) is 0 Å². The molecule has 0 amide bonds. The van der Waals surface area contributed by atoms with Crippen LogP contribution < -0.4 is 16.0 Å². The smallest absolute Gasteiger partial charge is 0.0726 e. The molecule has 2 rings (SSSR count). The Bertz CT molecular complexity index is 397. The molecule has 2 atom stereocenters. The number of hydrogen-bond acceptors (Lipinski definition) is 4. The summed E-state index contributed by atoms with van der Waals surface area (Å²) in [5.41, 5.74) is 7.97. The summed E-state index contributed by atoms with van der Waals surface area (Å²) >= 11 is 0. The molecule has 1 saturated heterocycles. The van der Waals surface area contributed by atoms with Crippen LogP contribution in [0.3, 0.4) is 0 Å². The van der Waals surface area contributed by atoms with Crippen molar-refractivity contribution >= 4 is 11.4 Å². The molecule has 1 aromatic rings. The second kappa shape index (κ2) is 8.25. The fourth-order valence-electron chi connectivity index (χ4n) is 2.86. The summed E-state index contributed by atoms with van der Waals surface area (Å²) < 4.78 is 5.78. The number of nitrogens with zero attached hydrogens (tertiary/aromatic N) is 1. The van der Waals surface area contributed by atoms with Crippen LogP contribution in [0.25, 0.3) is 0 Å². The third-order valence-corrected chi connectivity index (χ3v) is 3.86. The summed E-state index contributed by atoms with van der Waals surface area (Å²) in [6.45, 7) is 8.03. The number of morpholine rings is 1. The zero-order chi connectivity index (χ0) is 15.1. The molecule has 0 radical (unpaired) electrons. The van der Waals surface area contributed by atoms with Crippen molar-refractivity contribution in [3.63, 3.8) is 0 Å². The van der Waals surface area contributed by atoms with Gasteiger partial charge in [-0.25, -0.2) is 0 Å². The molecule has 1 aliphatic rings. The lowest BCUT2D eigenvalue weighted by Crippen LogP contribution is -2.45. The lowest BCUT2D eigenvalue weighted by molar-refractivity contribution is -0.00521. The zero-order valence-corrected chi connectivity index (χ0v) is 13.3. The van der Waals surface area contributed by atoms with E-state index >= 15 is 0 Å². The summed E-state index contributed by atoms with van der Waals surface area (Å²) in [6, 6.07) is 8.74. The average molecular weight is 291 g/mol. The molecule has 21 heavy (non-hydrogen) atoms. The molecule has 0 bridgehead atoms. The molecule has 1 heterocycles. The molecular formula is C17H29N3O. The maximum Gasteiger partial charge on any atom is 0.0726 e. The van der Waals surface area contributed by atoms with Crippen molar-refractivity contribution in [1.29, 1.82) is 0 Å². The van der Waals surface area contributed by atoms with Crippen molar-refractivity contribution in [2.75, 3.05) is 36.4 Å². The summed E-state index contributed by atoms with van der Waals surface area (Å²) in [4.78, 5) is 2.41. The predicted octanol–water partition coefficient (Wildman–Crippen LogP) is 2.84. The topological polar surface area (TPSA) is 50.5 Å². The van der Waals surface area contributed by atoms with Gasteiger partial charge in [0.2, 0.25) is 0 Å². The van der Waals surface area contributed by atoms with Crippen molar-refractivity contribution in [3.05, 3.63) is 24.3 Å². The lowest BCUT2D eigenvalue weighted by Gasteiger charge is -2.36. The fraction of sp³-hybridized carbons (Fsp3) is 0.647. The van der Waals surface area contributed by atoms with Gasteiger partial charge in [-0.3, -0.25) is 0 Å². The van der Waals surface area contributed by atoms with E-state index in [0.717, 1.165) is 32.6 Å². The van der Waals surface area contributed by atoms with Crippen LogP contribution in [-0.2, 0) is 4.74 Å². The van der Waals surface area contributed by atoms with Crippen molar-refractivity contribution in [2.24, 2.45) is 5.73 Å². The molecule has 4 nitrogen and oxygen atoms in total. The van der Waals surface area contributed by atoms with E-state index in [1.54, 1.807) is 0 Å². The molecule has 1 fully saturated rings. The predicted molar refractivity (Wildman–Crippen MR) is 90.1 cm³/mol. The Morgan fingerprint density at radius 1 is 1.10 bits per heavy atom. The van der Waals surface area contributed by atoms with Gasteiger partial charge in [0.1, 0.15) is 0 Å². The van der Waals surface area contributed by atoms with Gasteiger partial charge >= 0.3 is 0 Å². The van der Waals surface area contributed by atoms with Crippen LogP contribution in [0.1, 0.15) is 33.1 Å². The number of nitrogens with one attached hydrogen (secondary N) is 1. The molecule has 0 aliphatic carbocycles. The molecular weight excluding hydrogens is 262 g/mol. The van der Waals surface area contributed by atoms with Crippen LogP contribution in [-0.4, -0.2) is 38.4 Å². The van der Waals surface area contributed by atoms with Crippen molar-refractivity contribution in [3.8, 4) is 0 Å². The van der Waals surface area contributed by atoms with Crippen LogP contribution in [0, 0.1) is 0 Å². The normalized spacial score (nSPS) is 22.3. The van der Waals surface area contributed by atoms with Gasteiger partial charge in [0.05, 0.1) is 12.2 Å². The number of unbranched alkanes of at least 4 members (excludes halogenated alkanes) is 2. The summed E-state index contributed by atoms with van der Waals surface area (Å²) in [5.74, 6) is 0. The molecule has 0 unspecified atom stereocenters. The number of ether oxygens (including phenoxy) is 1. The standard InChI is InChI=1S/C17H29N3O/c1-14-12-20(13-15(2)21-14)17-8-6-16(7-9-17)19-11-5-3-4-10-18/h6-9,14-15,19H,3-5,10-13,18H2,1-2H3/t14-,15-/m1/s1. The minimum absolute atomic E-state index is 0.300. The number of benzene rings is 1. The van der Waals surface area contributed by atoms with E-state index in [-0.39, 0.29) is 0 Å². The molecule has 3 N–H and O–H groups in total. The average Bonchev–Trinajstić information content (AvgIpc) is 2.47. The first-order chi connectivity index (χ1) is 10.2. The first kappa shape index (κ1) is 16.1. The third kappa shape index (κ3) is 5.21. The monoisotopic (exact) mass is 291 g/mol.